The van der Waals surface area contributed by atoms with Gasteiger partial charge in [0.25, 0.3) is 5.91 Å². The molecule has 31 heavy (non-hydrogen) atoms. The molecule has 0 saturated carbocycles. The lowest BCUT2D eigenvalue weighted by molar-refractivity contribution is -0.153. The van der Waals surface area contributed by atoms with E-state index >= 15 is 0 Å². The van der Waals surface area contributed by atoms with E-state index in [-0.39, 0.29) is 25.1 Å². The Balaban J connectivity index is 1.90. The molecule has 6 heteroatoms. The van der Waals surface area contributed by atoms with Crippen LogP contribution in [0.2, 0.25) is 0 Å². The standard InChI is InChI=1S/C25H33NO5/c1-25(2,3)24(29)31-16-10-15-22(27)21(18-30-17-19-11-6-4-7-12-19)26-23(28)20-13-8-5-9-14-20/h4-9,11-14,21-22,27H,10,15-18H2,1-3H3,(H,26,28)/t21-,22+/m1/s1. The van der Waals surface area contributed by atoms with Crippen molar-refractivity contribution in [3.05, 3.63) is 71.8 Å². The summed E-state index contributed by atoms with van der Waals surface area (Å²) in [5, 5.41) is 13.6. The van der Waals surface area contributed by atoms with E-state index in [1.54, 1.807) is 45.0 Å². The van der Waals surface area contributed by atoms with Crippen LogP contribution in [0.5, 0.6) is 0 Å². The minimum Gasteiger partial charge on any atom is -0.465 e. The van der Waals surface area contributed by atoms with E-state index in [0.29, 0.717) is 25.0 Å². The van der Waals surface area contributed by atoms with Crippen LogP contribution in [0, 0.1) is 5.41 Å². The first-order valence-electron chi connectivity index (χ1n) is 10.6. The zero-order valence-electron chi connectivity index (χ0n) is 18.5. The van der Waals surface area contributed by atoms with Gasteiger partial charge in [-0.15, -0.1) is 0 Å². The van der Waals surface area contributed by atoms with Crippen molar-refractivity contribution in [1.29, 1.82) is 0 Å². The maximum atomic E-state index is 12.6. The molecule has 0 saturated heterocycles. The largest absolute Gasteiger partial charge is 0.465 e. The van der Waals surface area contributed by atoms with Crippen LogP contribution < -0.4 is 5.32 Å². The number of ether oxygens (including phenoxy) is 2. The summed E-state index contributed by atoms with van der Waals surface area (Å²) < 4.78 is 11.0. The predicted molar refractivity (Wildman–Crippen MR) is 119 cm³/mol. The van der Waals surface area contributed by atoms with Gasteiger partial charge in [-0.05, 0) is 51.3 Å². The minimum absolute atomic E-state index is 0.163. The molecule has 0 heterocycles. The van der Waals surface area contributed by atoms with E-state index in [4.69, 9.17) is 9.47 Å². The number of amides is 1. The van der Waals surface area contributed by atoms with Crippen molar-refractivity contribution in [2.24, 2.45) is 5.41 Å². The highest BCUT2D eigenvalue weighted by atomic mass is 16.5. The Hall–Kier alpha value is -2.70. The molecule has 0 fully saturated rings. The van der Waals surface area contributed by atoms with Gasteiger partial charge in [0.15, 0.2) is 0 Å². The fourth-order valence-corrected chi connectivity index (χ4v) is 2.84. The maximum absolute atomic E-state index is 12.6. The van der Waals surface area contributed by atoms with E-state index in [2.05, 4.69) is 5.32 Å². The van der Waals surface area contributed by atoms with Crippen molar-refractivity contribution in [2.75, 3.05) is 13.2 Å². The zero-order valence-corrected chi connectivity index (χ0v) is 18.5. The number of rotatable bonds is 11. The van der Waals surface area contributed by atoms with Crippen LogP contribution in [-0.4, -0.2) is 42.3 Å². The molecule has 2 aromatic carbocycles. The quantitative estimate of drug-likeness (QED) is 0.422. The van der Waals surface area contributed by atoms with Crippen LogP contribution in [0.4, 0.5) is 0 Å². The average molecular weight is 428 g/mol. The summed E-state index contributed by atoms with van der Waals surface area (Å²) in [5.41, 5.74) is 0.969. The number of nitrogens with one attached hydrogen (secondary N) is 1. The second-order valence-electron chi connectivity index (χ2n) is 8.54. The molecular weight excluding hydrogens is 394 g/mol. The molecule has 0 bridgehead atoms. The van der Waals surface area contributed by atoms with Crippen molar-refractivity contribution < 1.29 is 24.2 Å². The highest BCUT2D eigenvalue weighted by Crippen LogP contribution is 2.16. The molecule has 0 aliphatic carbocycles. The zero-order chi connectivity index (χ0) is 22.7. The number of aliphatic hydroxyl groups excluding tert-OH is 1. The summed E-state index contributed by atoms with van der Waals surface area (Å²) in [5.74, 6) is -0.547. The van der Waals surface area contributed by atoms with Gasteiger partial charge in [0.1, 0.15) is 0 Å². The molecule has 0 aromatic heterocycles. The minimum atomic E-state index is -0.836. The van der Waals surface area contributed by atoms with Gasteiger partial charge in [0.2, 0.25) is 0 Å². The molecule has 2 atom stereocenters. The highest BCUT2D eigenvalue weighted by molar-refractivity contribution is 5.94. The lowest BCUT2D eigenvalue weighted by atomic mass is 9.97. The number of carbonyl (C=O) groups is 2. The predicted octanol–water partition coefficient (Wildman–Crippen LogP) is 3.73. The molecule has 1 amide bonds. The number of esters is 1. The molecular formula is C25H33NO5. The molecule has 2 N–H and O–H groups in total. The first-order valence-corrected chi connectivity index (χ1v) is 10.6. The molecule has 2 aromatic rings. The molecule has 0 spiro atoms. The molecule has 6 nitrogen and oxygen atoms in total. The Kier molecular flexibility index (Phi) is 9.69. The summed E-state index contributed by atoms with van der Waals surface area (Å²) in [7, 11) is 0. The normalized spacial score (nSPS) is 13.3. The van der Waals surface area contributed by atoms with Crippen LogP contribution in [0.15, 0.2) is 60.7 Å². The number of hydrogen-bond donors (Lipinski definition) is 2. The van der Waals surface area contributed by atoms with Crippen molar-refractivity contribution in [2.45, 2.75) is 52.4 Å². The Morgan fingerprint density at radius 2 is 1.61 bits per heavy atom. The number of benzene rings is 2. The summed E-state index contributed by atoms with van der Waals surface area (Å²) >= 11 is 0. The van der Waals surface area contributed by atoms with Crippen LogP contribution in [0.25, 0.3) is 0 Å². The van der Waals surface area contributed by atoms with Crippen molar-refractivity contribution in [3.63, 3.8) is 0 Å². The van der Waals surface area contributed by atoms with E-state index in [1.807, 2.05) is 36.4 Å². The van der Waals surface area contributed by atoms with Crippen molar-refractivity contribution in [1.82, 2.24) is 5.32 Å². The van der Waals surface area contributed by atoms with Gasteiger partial charge in [-0.25, -0.2) is 0 Å². The topological polar surface area (TPSA) is 84.9 Å². The Morgan fingerprint density at radius 3 is 2.23 bits per heavy atom. The van der Waals surface area contributed by atoms with Crippen LogP contribution in [-0.2, 0) is 20.9 Å². The van der Waals surface area contributed by atoms with Crippen LogP contribution in [0.3, 0.4) is 0 Å². The smallest absolute Gasteiger partial charge is 0.311 e. The first-order chi connectivity index (χ1) is 14.8. The molecule has 168 valence electrons. The fourth-order valence-electron chi connectivity index (χ4n) is 2.84. The second kappa shape index (κ2) is 12.2. The van der Waals surface area contributed by atoms with Gasteiger partial charge in [-0.1, -0.05) is 48.5 Å². The molecule has 0 aliphatic rings. The summed E-state index contributed by atoms with van der Waals surface area (Å²) in [6, 6.07) is 18.0. The molecule has 2 rings (SSSR count). The Bertz CT molecular complexity index is 802. The third-order valence-electron chi connectivity index (χ3n) is 4.72. The van der Waals surface area contributed by atoms with Gasteiger partial charge < -0.3 is 19.9 Å². The van der Waals surface area contributed by atoms with Crippen LogP contribution >= 0.6 is 0 Å². The van der Waals surface area contributed by atoms with E-state index in [9.17, 15) is 14.7 Å². The summed E-state index contributed by atoms with van der Waals surface area (Å²) in [6.07, 6.45) is 0.0161. The molecule has 0 unspecified atom stereocenters. The van der Waals surface area contributed by atoms with E-state index in [0.717, 1.165) is 5.56 Å². The highest BCUT2D eigenvalue weighted by Gasteiger charge is 2.24. The van der Waals surface area contributed by atoms with Gasteiger partial charge in [-0.3, -0.25) is 9.59 Å². The van der Waals surface area contributed by atoms with E-state index in [1.165, 1.54) is 0 Å². The van der Waals surface area contributed by atoms with Crippen molar-refractivity contribution in [3.8, 4) is 0 Å². The van der Waals surface area contributed by atoms with E-state index < -0.39 is 17.6 Å². The first kappa shape index (κ1) is 24.6. The third-order valence-corrected chi connectivity index (χ3v) is 4.72. The Morgan fingerprint density at radius 1 is 1.00 bits per heavy atom. The lowest BCUT2D eigenvalue weighted by Crippen LogP contribution is -2.46. The Labute approximate surface area is 184 Å². The number of aliphatic hydroxyl groups is 1. The number of hydrogen-bond acceptors (Lipinski definition) is 5. The summed E-state index contributed by atoms with van der Waals surface area (Å²) in [6.45, 7) is 6.15. The van der Waals surface area contributed by atoms with Gasteiger partial charge in [-0.2, -0.15) is 0 Å². The van der Waals surface area contributed by atoms with Gasteiger partial charge >= 0.3 is 5.97 Å². The van der Waals surface area contributed by atoms with Gasteiger partial charge in [0.05, 0.1) is 37.4 Å². The lowest BCUT2D eigenvalue weighted by Gasteiger charge is -2.24. The third kappa shape index (κ3) is 8.90. The van der Waals surface area contributed by atoms with Gasteiger partial charge in [0, 0.05) is 5.56 Å². The number of carbonyl (C=O) groups excluding carboxylic acids is 2. The summed E-state index contributed by atoms with van der Waals surface area (Å²) in [4.78, 5) is 24.4. The monoisotopic (exact) mass is 427 g/mol. The second-order valence-corrected chi connectivity index (χ2v) is 8.54. The fraction of sp³-hybridized carbons (Fsp3) is 0.440. The SMILES string of the molecule is CC(C)(C)C(=O)OCCC[C@H](O)[C@@H](COCc1ccccc1)NC(=O)c1ccccc1. The maximum Gasteiger partial charge on any atom is 0.311 e. The van der Waals surface area contributed by atoms with Crippen LogP contribution in [0.1, 0.15) is 49.5 Å². The molecule has 0 aliphatic heterocycles. The average Bonchev–Trinajstić information content (AvgIpc) is 2.76. The van der Waals surface area contributed by atoms with Crippen molar-refractivity contribution >= 4 is 11.9 Å². The molecule has 0 radical (unpaired) electrons.